The summed E-state index contributed by atoms with van der Waals surface area (Å²) in [6.07, 6.45) is 2.45. The van der Waals surface area contributed by atoms with Crippen molar-refractivity contribution in [3.8, 4) is 11.8 Å². The summed E-state index contributed by atoms with van der Waals surface area (Å²) in [5.41, 5.74) is 2.39. The zero-order valence-electron chi connectivity index (χ0n) is 12.6. The van der Waals surface area contributed by atoms with Crippen LogP contribution in [0.5, 0.6) is 5.75 Å². The molecule has 0 atom stereocenters. The van der Waals surface area contributed by atoms with Crippen molar-refractivity contribution < 1.29 is 29.9 Å². The van der Waals surface area contributed by atoms with Gasteiger partial charge in [0.05, 0.1) is 12.7 Å². The van der Waals surface area contributed by atoms with Crippen LogP contribution >= 0.6 is 7.81 Å². The van der Waals surface area contributed by atoms with Gasteiger partial charge in [0.2, 0.25) is 0 Å². The van der Waals surface area contributed by atoms with E-state index in [1.54, 1.807) is 0 Å². The molecule has 0 aliphatic heterocycles. The van der Waals surface area contributed by atoms with Gasteiger partial charge in [-0.15, -0.1) is 0 Å². The maximum absolute atomic E-state index is 10.7. The number of rotatable bonds is 5. The third-order valence-electron chi connectivity index (χ3n) is 2.68. The van der Waals surface area contributed by atoms with Gasteiger partial charge in [-0.1, -0.05) is 0 Å². The van der Waals surface area contributed by atoms with E-state index >= 15 is 0 Å². The Morgan fingerprint density at radius 2 is 1.57 bits per heavy atom. The summed E-state index contributed by atoms with van der Waals surface area (Å²) in [5.74, 6) is 0.941. The van der Waals surface area contributed by atoms with Crippen molar-refractivity contribution in [3.63, 3.8) is 0 Å². The molecule has 0 radical (unpaired) electrons. The molecule has 0 aliphatic rings. The third-order valence-corrected chi connectivity index (χ3v) is 3.22. The Morgan fingerprint density at radius 1 is 1.04 bits per heavy atom. The van der Waals surface area contributed by atoms with Gasteiger partial charge in [-0.05, 0) is 57.0 Å². The van der Waals surface area contributed by atoms with Crippen LogP contribution in [0.15, 0.2) is 17.0 Å². The summed E-state index contributed by atoms with van der Waals surface area (Å²) in [5, 5.41) is 8.40. The number of halogens is 6. The number of nitriles is 1. The van der Waals surface area contributed by atoms with Gasteiger partial charge in [0, 0.05) is 12.0 Å². The molecule has 0 heterocycles. The van der Waals surface area contributed by atoms with Gasteiger partial charge in [-0.2, -0.15) is 5.26 Å². The predicted molar refractivity (Wildman–Crippen MR) is 82.9 cm³/mol. The molecule has 0 bridgehead atoms. The first kappa shape index (κ1) is 21.9. The summed E-state index contributed by atoms with van der Waals surface area (Å²) in [6, 6.07) is 6.12. The second-order valence-electron chi connectivity index (χ2n) is 4.78. The number of unbranched alkanes of at least 4 members (excludes halogenated alkanes) is 2. The van der Waals surface area contributed by atoms with Gasteiger partial charge < -0.3 is 4.74 Å². The Morgan fingerprint density at radius 3 is 2.04 bits per heavy atom. The normalized spacial score (nSPS) is 13.9. The standard InChI is InChI=1S/C13H17NOS.F6P/c1-10-11(2)13(16)7-6-12(10)15-9-5-3-4-8-14;1-7(2,3,4,5)6/h6-7,16H,3-5,9H2,1-2H3;/q;-1/p+1. The van der Waals surface area contributed by atoms with E-state index in [0.717, 1.165) is 23.5 Å². The van der Waals surface area contributed by atoms with E-state index in [9.17, 15) is 25.2 Å². The summed E-state index contributed by atoms with van der Waals surface area (Å²) in [6.45, 7) is 4.81. The van der Waals surface area contributed by atoms with Gasteiger partial charge in [0.1, 0.15) is 5.75 Å². The molecule has 1 rings (SSSR count). The molecule has 1 aromatic carbocycles. The van der Waals surface area contributed by atoms with Crippen molar-refractivity contribution in [2.75, 3.05) is 6.61 Å². The molecule has 0 amide bonds. The first-order valence-corrected chi connectivity index (χ1v) is 9.02. The Hall–Kier alpha value is -1.13. The number of ether oxygens (including phenoxy) is 1. The molecular formula is C13H18F6NOPS. The average molecular weight is 381 g/mol. The number of benzene rings is 1. The third kappa shape index (κ3) is 14.2. The van der Waals surface area contributed by atoms with E-state index < -0.39 is 7.81 Å². The van der Waals surface area contributed by atoms with Crippen LogP contribution in [0.1, 0.15) is 30.4 Å². The average Bonchev–Trinajstić information content (AvgIpc) is 2.34. The van der Waals surface area contributed by atoms with E-state index in [4.69, 9.17) is 10.00 Å². The van der Waals surface area contributed by atoms with Crippen LogP contribution in [-0.4, -0.2) is 6.61 Å². The molecule has 10 heteroatoms. The summed E-state index contributed by atoms with van der Waals surface area (Å²) in [4.78, 5) is 1.11. The van der Waals surface area contributed by atoms with Crippen LogP contribution in [0.4, 0.5) is 25.2 Å². The Bertz CT molecular complexity index is 571. The van der Waals surface area contributed by atoms with E-state index in [-0.39, 0.29) is 0 Å². The summed E-state index contributed by atoms with van der Waals surface area (Å²) < 4.78 is 64.9. The van der Waals surface area contributed by atoms with Crippen molar-refractivity contribution >= 4 is 20.4 Å². The van der Waals surface area contributed by atoms with Gasteiger partial charge in [-0.3, -0.25) is 0 Å². The quantitative estimate of drug-likeness (QED) is 0.266. The molecule has 0 spiro atoms. The monoisotopic (exact) mass is 381 g/mol. The topological polar surface area (TPSA) is 33.0 Å². The molecule has 0 saturated heterocycles. The molecule has 0 saturated carbocycles. The molecule has 0 N–H and O–H groups in total. The molecule has 1 aromatic rings. The first-order chi connectivity index (χ1) is 10.1. The van der Waals surface area contributed by atoms with Crippen molar-refractivity contribution in [3.05, 3.63) is 23.3 Å². The predicted octanol–water partition coefficient (Wildman–Crippen LogP) is 6.13. The fourth-order valence-electron chi connectivity index (χ4n) is 1.44. The second kappa shape index (κ2) is 7.18. The van der Waals surface area contributed by atoms with Gasteiger partial charge >= 0.3 is 33.0 Å². The Kier molecular flexibility index (Phi) is 6.83. The second-order valence-corrected chi connectivity index (χ2v) is 7.24. The molecule has 134 valence electrons. The number of hydrogen-bond acceptors (Lipinski definition) is 2. The molecule has 0 unspecified atom stereocenters. The van der Waals surface area contributed by atoms with E-state index in [0.29, 0.717) is 13.0 Å². The molecule has 0 aromatic heterocycles. The first-order valence-electron chi connectivity index (χ1n) is 6.49. The van der Waals surface area contributed by atoms with E-state index in [1.165, 1.54) is 11.1 Å². The zero-order chi connectivity index (χ0) is 18.4. The zero-order valence-corrected chi connectivity index (χ0v) is 14.4. The van der Waals surface area contributed by atoms with Crippen molar-refractivity contribution in [1.29, 1.82) is 5.26 Å². The Balaban J connectivity index is 0.000000585. The fraction of sp³-hybridized carbons (Fsp3) is 0.462. The van der Waals surface area contributed by atoms with Crippen LogP contribution < -0.4 is 4.74 Å². The van der Waals surface area contributed by atoms with Crippen LogP contribution in [-0.2, 0) is 12.6 Å². The van der Waals surface area contributed by atoms with Gasteiger partial charge in [0.25, 0.3) is 0 Å². The minimum atomic E-state index is -10.7. The molecular weight excluding hydrogens is 363 g/mol. The molecule has 0 aliphatic carbocycles. The van der Waals surface area contributed by atoms with Crippen LogP contribution in [0.3, 0.4) is 0 Å². The van der Waals surface area contributed by atoms with Crippen LogP contribution in [0.25, 0.3) is 0 Å². The summed E-state index contributed by atoms with van der Waals surface area (Å²) in [7, 11) is -10.7. The minimum absolute atomic E-state index is 0.613. The maximum atomic E-state index is 9.87. The Labute approximate surface area is 136 Å². The molecule has 2 nitrogen and oxygen atoms in total. The van der Waals surface area contributed by atoms with Crippen molar-refractivity contribution in [1.82, 2.24) is 0 Å². The summed E-state index contributed by atoms with van der Waals surface area (Å²) >= 11 is 3.54. The number of hydrogen-bond donors (Lipinski definition) is 0. The van der Waals surface area contributed by atoms with Gasteiger partial charge in [0.15, 0.2) is 4.90 Å². The van der Waals surface area contributed by atoms with Crippen molar-refractivity contribution in [2.45, 2.75) is 38.0 Å². The fourth-order valence-corrected chi connectivity index (χ4v) is 1.71. The molecule has 0 fully saturated rings. The van der Waals surface area contributed by atoms with E-state index in [2.05, 4.69) is 32.5 Å². The van der Waals surface area contributed by atoms with Crippen molar-refractivity contribution in [2.24, 2.45) is 0 Å². The van der Waals surface area contributed by atoms with Gasteiger partial charge in [-0.25, -0.2) is 0 Å². The number of nitrogens with zero attached hydrogens (tertiary/aromatic N) is 1. The SMILES string of the molecule is Cc1c([SH2+])ccc(OCCCCC#N)c1C.F[P-](F)(F)(F)(F)F. The molecule has 23 heavy (non-hydrogen) atoms. The van der Waals surface area contributed by atoms with Crippen LogP contribution in [0.2, 0.25) is 0 Å². The van der Waals surface area contributed by atoms with E-state index in [1.807, 2.05) is 12.1 Å². The van der Waals surface area contributed by atoms with Crippen LogP contribution in [0, 0.1) is 25.2 Å².